The third-order valence-electron chi connectivity index (χ3n) is 3.11. The summed E-state index contributed by atoms with van der Waals surface area (Å²) in [6, 6.07) is 0. The molecule has 0 aromatic carbocycles. The van der Waals surface area contributed by atoms with E-state index >= 15 is 0 Å². The molecular weight excluding hydrogens is 421 g/mol. The molecule has 0 nitrogen and oxygen atoms in total. The molecule has 0 aliphatic rings. The van der Waals surface area contributed by atoms with Crippen molar-refractivity contribution >= 4 is 69.2 Å². The van der Waals surface area contributed by atoms with Crippen LogP contribution in [0.5, 0.6) is 0 Å². The van der Waals surface area contributed by atoms with Gasteiger partial charge in [0.1, 0.15) is 0 Å². The summed E-state index contributed by atoms with van der Waals surface area (Å²) in [7, 11) is -4.38. The molecule has 7 heteroatoms. The van der Waals surface area contributed by atoms with Gasteiger partial charge in [-0.15, -0.1) is 0 Å². The molecule has 0 atom stereocenters. The van der Waals surface area contributed by atoms with Gasteiger partial charge in [0.05, 0.1) is 0 Å². The van der Waals surface area contributed by atoms with E-state index in [1.54, 1.807) is 13.8 Å². The number of hydrogen-bond acceptors (Lipinski definition) is 0. The van der Waals surface area contributed by atoms with Crippen LogP contribution in [0.3, 0.4) is 0 Å². The van der Waals surface area contributed by atoms with Crippen molar-refractivity contribution in [3.05, 3.63) is 0 Å². The second-order valence-electron chi connectivity index (χ2n) is 9.96. The molecule has 0 fully saturated rings. The Morgan fingerprint density at radius 2 is 0.667 bits per heavy atom. The SMILES string of the molecule is C[Si](C)(C)C(=P[Se]P=C([Si](C)(C)C)[Si](C)(C)C)[Si](C)(C)C. The maximum atomic E-state index is 2.56. The monoisotopic (exact) mass is 458 g/mol. The first kappa shape index (κ1) is 22.7. The summed E-state index contributed by atoms with van der Waals surface area (Å²) in [6.45, 7) is 34.2. The first-order valence-corrected chi connectivity index (χ1v) is 28.0. The molecule has 0 bridgehead atoms. The van der Waals surface area contributed by atoms with Crippen LogP contribution in [-0.4, -0.2) is 55.4 Å². The van der Waals surface area contributed by atoms with Crippen molar-refractivity contribution in [2.24, 2.45) is 0 Å². The molecule has 0 unspecified atom stereocenters. The van der Waals surface area contributed by atoms with Crippen molar-refractivity contribution in [1.82, 2.24) is 0 Å². The normalized spacial score (nSPS) is 14.7. The van der Waals surface area contributed by atoms with E-state index in [0.29, 0.717) is 0 Å². The Hall–Kier alpha value is 1.73. The molecule has 0 N–H and O–H groups in total. The summed E-state index contributed by atoms with van der Waals surface area (Å²) >= 11 is 0.756. The summed E-state index contributed by atoms with van der Waals surface area (Å²) in [4.78, 5) is 0. The van der Waals surface area contributed by atoms with Crippen LogP contribution in [0.2, 0.25) is 78.6 Å². The average molecular weight is 458 g/mol. The van der Waals surface area contributed by atoms with Gasteiger partial charge in [-0.3, -0.25) is 0 Å². The van der Waals surface area contributed by atoms with Crippen molar-refractivity contribution in [2.45, 2.75) is 78.6 Å². The summed E-state index contributed by atoms with van der Waals surface area (Å²) in [5.74, 6) is 0. The van der Waals surface area contributed by atoms with Crippen molar-refractivity contribution in [3.63, 3.8) is 0 Å². The molecule has 0 aliphatic carbocycles. The van der Waals surface area contributed by atoms with Gasteiger partial charge in [-0.1, -0.05) is 0 Å². The van der Waals surface area contributed by atoms with Gasteiger partial charge in [-0.05, 0) is 0 Å². The molecule has 0 rings (SSSR count). The second kappa shape index (κ2) is 7.74. The van der Waals surface area contributed by atoms with Crippen molar-refractivity contribution in [3.8, 4) is 0 Å². The fourth-order valence-corrected chi connectivity index (χ4v) is 58.3. The van der Waals surface area contributed by atoms with E-state index in [9.17, 15) is 0 Å². The Labute approximate surface area is 147 Å². The summed E-state index contributed by atoms with van der Waals surface area (Å²) < 4.78 is 4.01. The van der Waals surface area contributed by atoms with E-state index in [1.807, 2.05) is 9.08 Å². The molecule has 0 radical (unpaired) electrons. The van der Waals surface area contributed by atoms with Gasteiger partial charge in [0.2, 0.25) is 0 Å². The van der Waals surface area contributed by atoms with E-state index in [2.05, 4.69) is 78.6 Å². The minimum atomic E-state index is -1.10. The van der Waals surface area contributed by atoms with Crippen molar-refractivity contribution in [1.29, 1.82) is 0 Å². The number of hydrogen-bond donors (Lipinski definition) is 0. The summed E-state index contributed by atoms with van der Waals surface area (Å²) in [5.41, 5.74) is 0. The molecular formula is C14H36P2SeSi4. The Bertz CT molecular complexity index is 346. The zero-order valence-corrected chi connectivity index (χ0v) is 23.8. The van der Waals surface area contributed by atoms with Crippen LogP contribution in [0.1, 0.15) is 0 Å². The zero-order valence-electron chi connectivity index (χ0n) is 16.3. The van der Waals surface area contributed by atoms with Crippen molar-refractivity contribution < 1.29 is 0 Å². The van der Waals surface area contributed by atoms with Crippen LogP contribution in [-0.2, 0) is 0 Å². The molecule has 21 heavy (non-hydrogen) atoms. The van der Waals surface area contributed by atoms with Gasteiger partial charge in [0, 0.05) is 0 Å². The molecule has 0 saturated carbocycles. The Morgan fingerprint density at radius 3 is 0.810 bits per heavy atom. The molecule has 0 aromatic heterocycles. The fraction of sp³-hybridized carbons (Fsp3) is 0.857. The topological polar surface area (TPSA) is 0 Å². The van der Waals surface area contributed by atoms with Gasteiger partial charge in [0.25, 0.3) is 0 Å². The third kappa shape index (κ3) is 8.40. The van der Waals surface area contributed by atoms with Gasteiger partial charge in [0.15, 0.2) is 0 Å². The van der Waals surface area contributed by atoms with E-state index < -0.39 is 32.3 Å². The quantitative estimate of drug-likeness (QED) is 0.326. The standard InChI is InChI=1S/C14H36P2SeSi4/c1-18(2,3)13(19(4,5)6)15-17-16-14(20(7,8)9)21(10,11)12/h1-12H3. The van der Waals surface area contributed by atoms with Crippen LogP contribution in [0.15, 0.2) is 0 Å². The minimum absolute atomic E-state index is 0.756. The number of rotatable bonds is 6. The third-order valence-corrected chi connectivity index (χ3v) is 37.9. The van der Waals surface area contributed by atoms with E-state index in [1.165, 1.54) is 0 Å². The predicted octanol–water partition coefficient (Wildman–Crippen LogP) is 6.27. The first-order chi connectivity index (χ1) is 8.97. The summed E-state index contributed by atoms with van der Waals surface area (Å²) in [5, 5.41) is 0. The zero-order chi connectivity index (χ0) is 17.3. The van der Waals surface area contributed by atoms with Gasteiger partial charge >= 0.3 is 148 Å². The Balaban J connectivity index is 5.54. The van der Waals surface area contributed by atoms with E-state index in [-0.39, 0.29) is 0 Å². The predicted molar refractivity (Wildman–Crippen MR) is 123 cm³/mol. The van der Waals surface area contributed by atoms with Crippen LogP contribution >= 0.6 is 13.8 Å². The Morgan fingerprint density at radius 1 is 0.476 bits per heavy atom. The van der Waals surface area contributed by atoms with Crippen LogP contribution in [0.4, 0.5) is 0 Å². The van der Waals surface area contributed by atoms with Crippen LogP contribution in [0.25, 0.3) is 0 Å². The van der Waals surface area contributed by atoms with E-state index in [4.69, 9.17) is 0 Å². The second-order valence-corrected chi connectivity index (χ2v) is 39.9. The van der Waals surface area contributed by atoms with Gasteiger partial charge in [-0.25, -0.2) is 0 Å². The van der Waals surface area contributed by atoms with Crippen LogP contribution < -0.4 is 0 Å². The summed E-state index contributed by atoms with van der Waals surface area (Å²) in [6.07, 6.45) is 0. The van der Waals surface area contributed by atoms with Gasteiger partial charge < -0.3 is 0 Å². The fourth-order valence-electron chi connectivity index (χ4n) is 2.90. The van der Waals surface area contributed by atoms with E-state index in [0.717, 1.165) is 14.1 Å². The van der Waals surface area contributed by atoms with Gasteiger partial charge in [-0.2, -0.15) is 0 Å². The average Bonchev–Trinajstić information content (AvgIpc) is 2.07. The first-order valence-electron chi connectivity index (χ1n) is 7.81. The molecule has 0 spiro atoms. The molecule has 0 amide bonds. The Kier molecular flexibility index (Phi) is 8.38. The molecule has 0 aliphatic heterocycles. The van der Waals surface area contributed by atoms with Crippen LogP contribution in [0, 0.1) is 0 Å². The molecule has 0 heterocycles. The van der Waals surface area contributed by atoms with Crippen molar-refractivity contribution in [2.75, 3.05) is 0 Å². The molecule has 124 valence electrons. The maximum absolute atomic E-state index is 2.56. The molecule has 0 saturated heterocycles. The molecule has 0 aromatic rings.